The third-order valence-corrected chi connectivity index (χ3v) is 4.14. The molecule has 3 rings (SSSR count). The molecule has 2 aromatic rings. The first-order chi connectivity index (χ1) is 10.4. The van der Waals surface area contributed by atoms with E-state index in [4.69, 9.17) is 4.52 Å². The molecule has 1 aliphatic rings. The molecule has 0 amide bonds. The van der Waals surface area contributed by atoms with E-state index in [0.29, 0.717) is 11.8 Å². The van der Waals surface area contributed by atoms with Crippen LogP contribution in [0.2, 0.25) is 0 Å². The Hall–Kier alpha value is -1.89. The fraction of sp³-hybridized carbons (Fsp3) is 0.667. The van der Waals surface area contributed by atoms with Gasteiger partial charge in [0.2, 0.25) is 5.89 Å². The van der Waals surface area contributed by atoms with Gasteiger partial charge in [-0.2, -0.15) is 4.98 Å². The van der Waals surface area contributed by atoms with Gasteiger partial charge in [-0.1, -0.05) is 20.8 Å². The Labute approximate surface area is 130 Å². The van der Waals surface area contributed by atoms with Crippen LogP contribution in [-0.4, -0.2) is 51.3 Å². The highest BCUT2D eigenvalue weighted by Gasteiger charge is 2.31. The highest BCUT2D eigenvalue weighted by molar-refractivity contribution is 5.31. The van der Waals surface area contributed by atoms with Gasteiger partial charge < -0.3 is 14.0 Å². The van der Waals surface area contributed by atoms with E-state index in [1.165, 1.54) is 0 Å². The lowest BCUT2D eigenvalue weighted by molar-refractivity contribution is 0.207. The molecule has 1 aliphatic heterocycles. The van der Waals surface area contributed by atoms with Gasteiger partial charge in [0.1, 0.15) is 5.82 Å². The number of aryl methyl sites for hydroxylation is 1. The minimum absolute atomic E-state index is 0.128. The van der Waals surface area contributed by atoms with Crippen LogP contribution < -0.4 is 4.90 Å². The minimum atomic E-state index is -0.128. The number of rotatable bonds is 2. The minimum Gasteiger partial charge on any atom is -0.337 e. The Bertz CT molecular complexity index is 640. The van der Waals surface area contributed by atoms with Crippen LogP contribution in [-0.2, 0) is 12.5 Å². The second-order valence-electron chi connectivity index (χ2n) is 6.99. The molecule has 0 aromatic carbocycles. The fourth-order valence-electron chi connectivity index (χ4n) is 2.68. The van der Waals surface area contributed by atoms with Gasteiger partial charge in [-0.3, -0.25) is 4.90 Å². The molecule has 1 saturated heterocycles. The molecular formula is C15H24N6O. The summed E-state index contributed by atoms with van der Waals surface area (Å²) in [5, 5.41) is 4.16. The van der Waals surface area contributed by atoms with Crippen LogP contribution in [0.4, 0.5) is 5.95 Å². The maximum Gasteiger partial charge on any atom is 0.266 e. The highest BCUT2D eigenvalue weighted by atomic mass is 16.5. The van der Waals surface area contributed by atoms with Crippen molar-refractivity contribution in [2.75, 3.05) is 31.6 Å². The van der Waals surface area contributed by atoms with Crippen molar-refractivity contribution < 1.29 is 4.52 Å². The van der Waals surface area contributed by atoms with Crippen molar-refractivity contribution in [3.05, 3.63) is 24.1 Å². The molecule has 1 unspecified atom stereocenters. The largest absolute Gasteiger partial charge is 0.337 e. The number of nitrogens with zero attached hydrogens (tertiary/aromatic N) is 6. The third-order valence-electron chi connectivity index (χ3n) is 4.14. The predicted molar refractivity (Wildman–Crippen MR) is 83.8 cm³/mol. The topological polar surface area (TPSA) is 63.2 Å². The number of hydrogen-bond donors (Lipinski definition) is 0. The van der Waals surface area contributed by atoms with Gasteiger partial charge in [0.25, 0.3) is 5.95 Å². The molecular weight excluding hydrogens is 280 g/mol. The number of imidazole rings is 1. The molecule has 1 fully saturated rings. The van der Waals surface area contributed by atoms with Crippen molar-refractivity contribution in [2.45, 2.75) is 32.2 Å². The van der Waals surface area contributed by atoms with E-state index in [9.17, 15) is 0 Å². The van der Waals surface area contributed by atoms with Crippen molar-refractivity contribution in [3.63, 3.8) is 0 Å². The summed E-state index contributed by atoms with van der Waals surface area (Å²) in [5.41, 5.74) is -0.128. The lowest BCUT2D eigenvalue weighted by Crippen LogP contribution is -2.47. The summed E-state index contributed by atoms with van der Waals surface area (Å²) in [4.78, 5) is 13.6. The van der Waals surface area contributed by atoms with Gasteiger partial charge in [-0.15, -0.1) is 0 Å². The number of anilines is 1. The van der Waals surface area contributed by atoms with Gasteiger partial charge in [0.05, 0.1) is 6.04 Å². The number of aromatic nitrogens is 4. The Morgan fingerprint density at radius 1 is 1.23 bits per heavy atom. The molecule has 120 valence electrons. The molecule has 0 radical (unpaired) electrons. The summed E-state index contributed by atoms with van der Waals surface area (Å²) in [6, 6.07) is 0.227. The third kappa shape index (κ3) is 2.72. The normalized spacial score (nSPS) is 20.6. The Balaban J connectivity index is 1.81. The molecule has 2 aromatic heterocycles. The van der Waals surface area contributed by atoms with Crippen molar-refractivity contribution in [1.29, 1.82) is 0 Å². The Morgan fingerprint density at radius 3 is 2.59 bits per heavy atom. The van der Waals surface area contributed by atoms with Crippen LogP contribution in [0.25, 0.3) is 0 Å². The van der Waals surface area contributed by atoms with Gasteiger partial charge in [0, 0.05) is 44.5 Å². The second kappa shape index (κ2) is 5.39. The van der Waals surface area contributed by atoms with E-state index in [0.717, 1.165) is 25.5 Å². The first-order valence-corrected chi connectivity index (χ1v) is 7.63. The average Bonchev–Trinajstić information content (AvgIpc) is 3.08. The second-order valence-corrected chi connectivity index (χ2v) is 6.99. The zero-order valence-electron chi connectivity index (χ0n) is 13.9. The lowest BCUT2D eigenvalue weighted by Gasteiger charge is -2.38. The molecule has 0 aliphatic carbocycles. The maximum atomic E-state index is 5.42. The Morgan fingerprint density at radius 2 is 2.00 bits per heavy atom. The summed E-state index contributed by atoms with van der Waals surface area (Å²) < 4.78 is 7.49. The monoisotopic (exact) mass is 304 g/mol. The van der Waals surface area contributed by atoms with Gasteiger partial charge in [-0.25, -0.2) is 4.98 Å². The zero-order chi connectivity index (χ0) is 15.9. The highest BCUT2D eigenvalue weighted by Crippen LogP contribution is 2.27. The summed E-state index contributed by atoms with van der Waals surface area (Å²) in [6.07, 6.45) is 3.82. The molecule has 0 saturated carbocycles. The average molecular weight is 304 g/mol. The van der Waals surface area contributed by atoms with Crippen molar-refractivity contribution in [2.24, 2.45) is 7.05 Å². The number of piperazine rings is 1. The zero-order valence-corrected chi connectivity index (χ0v) is 13.9. The van der Waals surface area contributed by atoms with Gasteiger partial charge in [-0.05, 0) is 12.2 Å². The lowest BCUT2D eigenvalue weighted by atomic mass is 9.97. The number of hydrogen-bond acceptors (Lipinski definition) is 6. The van der Waals surface area contributed by atoms with Crippen LogP contribution in [0.5, 0.6) is 0 Å². The molecule has 3 heterocycles. The summed E-state index contributed by atoms with van der Waals surface area (Å²) in [6.45, 7) is 8.86. The van der Waals surface area contributed by atoms with Crippen molar-refractivity contribution >= 4 is 5.95 Å². The van der Waals surface area contributed by atoms with E-state index in [1.54, 1.807) is 0 Å². The van der Waals surface area contributed by atoms with Crippen molar-refractivity contribution in [1.82, 2.24) is 24.6 Å². The van der Waals surface area contributed by atoms with Gasteiger partial charge in [0.15, 0.2) is 0 Å². The number of likely N-dealkylation sites (N-methyl/N-ethyl adjacent to an activating group) is 1. The van der Waals surface area contributed by atoms with E-state index >= 15 is 0 Å². The van der Waals surface area contributed by atoms with Crippen LogP contribution in [0.15, 0.2) is 16.9 Å². The van der Waals surface area contributed by atoms with Crippen LogP contribution in [0.3, 0.4) is 0 Å². The Kier molecular flexibility index (Phi) is 3.68. The maximum absolute atomic E-state index is 5.42. The van der Waals surface area contributed by atoms with E-state index < -0.39 is 0 Å². The smallest absolute Gasteiger partial charge is 0.266 e. The fourth-order valence-corrected chi connectivity index (χ4v) is 2.68. The molecule has 1 atom stereocenters. The SMILES string of the molecule is CN1CCN(c2noc(C(C)(C)C)n2)CC1c1nccn1C. The summed E-state index contributed by atoms with van der Waals surface area (Å²) >= 11 is 0. The van der Waals surface area contributed by atoms with Crippen LogP contribution in [0, 0.1) is 0 Å². The standard InChI is InChI=1S/C15H24N6O/c1-15(2,3)13-17-14(18-22-13)21-9-8-19(4)11(10-21)12-16-6-7-20(12)5/h6-7,11H,8-10H2,1-5H3. The predicted octanol–water partition coefficient (Wildman–Crippen LogP) is 1.59. The van der Waals surface area contributed by atoms with E-state index in [1.807, 2.05) is 19.4 Å². The van der Waals surface area contributed by atoms with E-state index in [-0.39, 0.29) is 11.5 Å². The van der Waals surface area contributed by atoms with Crippen LogP contribution >= 0.6 is 0 Å². The van der Waals surface area contributed by atoms with Crippen LogP contribution in [0.1, 0.15) is 38.5 Å². The first kappa shape index (κ1) is 15.0. The molecule has 0 bridgehead atoms. The van der Waals surface area contributed by atoms with Crippen molar-refractivity contribution in [3.8, 4) is 0 Å². The molecule has 0 N–H and O–H groups in total. The molecule has 22 heavy (non-hydrogen) atoms. The first-order valence-electron chi connectivity index (χ1n) is 7.63. The molecule has 7 heteroatoms. The molecule has 7 nitrogen and oxygen atoms in total. The quantitative estimate of drug-likeness (QED) is 0.839. The molecule has 0 spiro atoms. The van der Waals surface area contributed by atoms with Gasteiger partial charge >= 0.3 is 0 Å². The summed E-state index contributed by atoms with van der Waals surface area (Å²) in [7, 11) is 4.16. The summed E-state index contributed by atoms with van der Waals surface area (Å²) in [5.74, 6) is 2.42. The van der Waals surface area contributed by atoms with E-state index in [2.05, 4.69) is 57.3 Å².